The Balaban J connectivity index is 1.89. The summed E-state index contributed by atoms with van der Waals surface area (Å²) >= 11 is 0. The van der Waals surface area contributed by atoms with Gasteiger partial charge in [-0.15, -0.1) is 0 Å². The van der Waals surface area contributed by atoms with Crippen molar-refractivity contribution in [3.05, 3.63) is 47.8 Å². The number of methoxy groups -OCH3 is 2. The number of nitrogens with two attached hydrogens (primary N) is 1. The number of primary amides is 1. The van der Waals surface area contributed by atoms with Crippen molar-refractivity contribution in [2.75, 3.05) is 38.8 Å². The number of hydrogen-bond donors (Lipinski definition) is 1. The summed E-state index contributed by atoms with van der Waals surface area (Å²) in [5.74, 6) is -0.0368. The van der Waals surface area contributed by atoms with Crippen LogP contribution >= 0.6 is 0 Å². The summed E-state index contributed by atoms with van der Waals surface area (Å²) in [7, 11) is 3.03. The molecule has 0 saturated carbocycles. The lowest BCUT2D eigenvalue weighted by molar-refractivity contribution is -0.122. The lowest BCUT2D eigenvalue weighted by Crippen LogP contribution is -2.56. The number of rotatable bonds is 11. The number of hydrogen-bond acceptors (Lipinski definition) is 5. The van der Waals surface area contributed by atoms with Crippen molar-refractivity contribution < 1.29 is 28.2 Å². The molecule has 1 saturated heterocycles. The average molecular weight is 474 g/mol. The summed E-state index contributed by atoms with van der Waals surface area (Å²) < 4.78 is 30.5. The number of carbonyl (C=O) groups is 2. The fourth-order valence-corrected chi connectivity index (χ4v) is 3.96. The summed E-state index contributed by atoms with van der Waals surface area (Å²) in [6, 6.07) is 8.98. The molecule has 1 unspecified atom stereocenters. The minimum Gasteiger partial charge on any atom is -0.496 e. The lowest BCUT2D eigenvalue weighted by Gasteiger charge is -2.39. The molecular formula is C25H32FN3O5. The summed E-state index contributed by atoms with van der Waals surface area (Å²) in [4.78, 5) is 28.5. The largest absolute Gasteiger partial charge is 0.496 e. The quantitative estimate of drug-likeness (QED) is 0.499. The van der Waals surface area contributed by atoms with E-state index in [1.165, 1.54) is 35.1 Å². The zero-order valence-corrected chi connectivity index (χ0v) is 19.9. The van der Waals surface area contributed by atoms with Gasteiger partial charge in [-0.05, 0) is 36.8 Å². The van der Waals surface area contributed by atoms with Gasteiger partial charge in [0.05, 0.1) is 33.3 Å². The second-order valence-corrected chi connectivity index (χ2v) is 8.22. The number of amides is 3. The molecule has 1 aliphatic rings. The summed E-state index contributed by atoms with van der Waals surface area (Å²) in [6.07, 6.45) is 3.02. The summed E-state index contributed by atoms with van der Waals surface area (Å²) in [5.41, 5.74) is 6.68. The Morgan fingerprint density at radius 3 is 2.47 bits per heavy atom. The number of ether oxygens (including phenoxy) is 3. The maximum absolute atomic E-state index is 13.9. The second-order valence-electron chi connectivity index (χ2n) is 8.22. The Bertz CT molecular complexity index is 1020. The highest BCUT2D eigenvalue weighted by Crippen LogP contribution is 2.34. The molecular weight excluding hydrogens is 441 g/mol. The molecule has 3 amide bonds. The number of urea groups is 1. The molecule has 2 N–H and O–H groups in total. The topological polar surface area (TPSA) is 94.3 Å². The number of nitrogens with zero attached hydrogens (tertiary/aromatic N) is 2. The van der Waals surface area contributed by atoms with Crippen LogP contribution < -0.4 is 24.8 Å². The first-order chi connectivity index (χ1) is 16.4. The summed E-state index contributed by atoms with van der Waals surface area (Å²) in [6.45, 7) is 2.96. The SMILES string of the molecule is CCCCCOc1cc(N2CC(C(N)=O)CN(Cc3cc(F)ccc3OC)C2=O)ccc1OC. The number of unbranched alkanes of at least 4 members (excludes halogenated alkanes) is 2. The standard InChI is InChI=1S/C25H32FN3O5/c1-4-5-6-11-34-23-13-20(8-10-22(23)33-3)29-16-18(24(27)30)15-28(25(29)31)14-17-12-19(26)7-9-21(17)32-2/h7-10,12-13,18H,4-6,11,14-16H2,1-3H3,(H2,27,30). The number of benzene rings is 2. The Kier molecular flexibility index (Phi) is 8.56. The van der Waals surface area contributed by atoms with E-state index in [1.807, 2.05) is 0 Å². The Morgan fingerprint density at radius 1 is 1.06 bits per heavy atom. The van der Waals surface area contributed by atoms with Gasteiger partial charge in [0.25, 0.3) is 0 Å². The van der Waals surface area contributed by atoms with E-state index in [0.29, 0.717) is 35.1 Å². The Morgan fingerprint density at radius 2 is 1.79 bits per heavy atom. The zero-order chi connectivity index (χ0) is 24.7. The van der Waals surface area contributed by atoms with Crippen molar-refractivity contribution in [3.63, 3.8) is 0 Å². The molecule has 2 aromatic rings. The molecule has 1 atom stereocenters. The van der Waals surface area contributed by atoms with Crippen LogP contribution in [0.3, 0.4) is 0 Å². The van der Waals surface area contributed by atoms with Crippen LogP contribution in [0.1, 0.15) is 31.7 Å². The molecule has 9 heteroatoms. The van der Waals surface area contributed by atoms with Gasteiger partial charge < -0.3 is 24.8 Å². The zero-order valence-electron chi connectivity index (χ0n) is 19.9. The van der Waals surface area contributed by atoms with Crippen LogP contribution in [-0.2, 0) is 11.3 Å². The normalized spacial score (nSPS) is 15.9. The average Bonchev–Trinajstić information content (AvgIpc) is 2.83. The second kappa shape index (κ2) is 11.6. The number of anilines is 1. The van der Waals surface area contributed by atoms with Crippen molar-refractivity contribution in [2.45, 2.75) is 32.7 Å². The lowest BCUT2D eigenvalue weighted by atomic mass is 10.0. The van der Waals surface area contributed by atoms with Crippen molar-refractivity contribution in [1.82, 2.24) is 4.90 Å². The highest BCUT2D eigenvalue weighted by atomic mass is 19.1. The van der Waals surface area contributed by atoms with Gasteiger partial charge in [0, 0.05) is 30.4 Å². The first-order valence-electron chi connectivity index (χ1n) is 11.4. The highest BCUT2D eigenvalue weighted by molar-refractivity contribution is 5.95. The molecule has 1 fully saturated rings. The molecule has 2 aromatic carbocycles. The maximum Gasteiger partial charge on any atom is 0.324 e. The maximum atomic E-state index is 13.9. The predicted molar refractivity (Wildman–Crippen MR) is 127 cm³/mol. The minimum atomic E-state index is -0.603. The fourth-order valence-electron chi connectivity index (χ4n) is 3.96. The number of halogens is 1. The summed E-state index contributed by atoms with van der Waals surface area (Å²) in [5, 5.41) is 0. The van der Waals surface area contributed by atoms with Gasteiger partial charge in [-0.3, -0.25) is 9.69 Å². The minimum absolute atomic E-state index is 0.0660. The molecule has 0 radical (unpaired) electrons. The van der Waals surface area contributed by atoms with Crippen molar-refractivity contribution in [2.24, 2.45) is 11.7 Å². The van der Waals surface area contributed by atoms with E-state index in [9.17, 15) is 14.0 Å². The van der Waals surface area contributed by atoms with Gasteiger partial charge in [-0.1, -0.05) is 19.8 Å². The van der Waals surface area contributed by atoms with Crippen LogP contribution in [0.25, 0.3) is 0 Å². The van der Waals surface area contributed by atoms with Gasteiger partial charge in [0.2, 0.25) is 5.91 Å². The van der Waals surface area contributed by atoms with Crippen molar-refractivity contribution in [3.8, 4) is 17.2 Å². The van der Waals surface area contributed by atoms with Crippen molar-refractivity contribution >= 4 is 17.6 Å². The Hall–Kier alpha value is -3.49. The molecule has 8 nitrogen and oxygen atoms in total. The van der Waals surface area contributed by atoms with Gasteiger partial charge >= 0.3 is 6.03 Å². The van der Waals surface area contributed by atoms with E-state index >= 15 is 0 Å². The third kappa shape index (κ3) is 5.89. The van der Waals surface area contributed by atoms with E-state index in [1.54, 1.807) is 25.3 Å². The van der Waals surface area contributed by atoms with E-state index in [4.69, 9.17) is 19.9 Å². The molecule has 0 aromatic heterocycles. The predicted octanol–water partition coefficient (Wildman–Crippen LogP) is 3.96. The molecule has 184 valence electrons. The van der Waals surface area contributed by atoms with Crippen molar-refractivity contribution in [1.29, 1.82) is 0 Å². The highest BCUT2D eigenvalue weighted by Gasteiger charge is 2.36. The fraction of sp³-hybridized carbons (Fsp3) is 0.440. The molecule has 34 heavy (non-hydrogen) atoms. The van der Waals surface area contributed by atoms with E-state index < -0.39 is 17.6 Å². The first kappa shape index (κ1) is 25.1. The van der Waals surface area contributed by atoms with Crippen LogP contribution in [0, 0.1) is 11.7 Å². The Labute approximate surface area is 199 Å². The monoisotopic (exact) mass is 473 g/mol. The molecule has 0 spiro atoms. The van der Waals surface area contributed by atoms with Gasteiger partial charge in [-0.25, -0.2) is 9.18 Å². The first-order valence-corrected chi connectivity index (χ1v) is 11.4. The third-order valence-electron chi connectivity index (χ3n) is 5.82. The molecule has 3 rings (SSSR count). The third-order valence-corrected chi connectivity index (χ3v) is 5.82. The smallest absolute Gasteiger partial charge is 0.324 e. The van der Waals surface area contributed by atoms with Gasteiger partial charge in [0.1, 0.15) is 11.6 Å². The van der Waals surface area contributed by atoms with Crippen LogP contribution in [0.5, 0.6) is 17.2 Å². The molecule has 0 bridgehead atoms. The molecule has 1 heterocycles. The molecule has 1 aliphatic heterocycles. The van der Waals surface area contributed by atoms with Crippen LogP contribution in [0.2, 0.25) is 0 Å². The van der Waals surface area contributed by atoms with E-state index in [2.05, 4.69) is 6.92 Å². The van der Waals surface area contributed by atoms with Crippen LogP contribution in [0.15, 0.2) is 36.4 Å². The van der Waals surface area contributed by atoms with E-state index in [0.717, 1.165) is 19.3 Å². The van der Waals surface area contributed by atoms with Gasteiger partial charge in [0.15, 0.2) is 11.5 Å². The number of carbonyl (C=O) groups excluding carboxylic acids is 2. The molecule has 0 aliphatic carbocycles. The van der Waals surface area contributed by atoms with Crippen LogP contribution in [0.4, 0.5) is 14.9 Å². The van der Waals surface area contributed by atoms with E-state index in [-0.39, 0.29) is 25.7 Å². The van der Waals surface area contributed by atoms with Gasteiger partial charge in [-0.2, -0.15) is 0 Å². The van der Waals surface area contributed by atoms with Crippen LogP contribution in [-0.4, -0.2) is 50.8 Å².